The summed E-state index contributed by atoms with van der Waals surface area (Å²) < 4.78 is 27.1. The number of hydrogen-bond acceptors (Lipinski definition) is 3. The highest BCUT2D eigenvalue weighted by Crippen LogP contribution is 2.27. The van der Waals surface area contributed by atoms with Crippen molar-refractivity contribution in [2.45, 2.75) is 4.90 Å². The first-order valence-corrected chi connectivity index (χ1v) is 7.25. The molecule has 3 N–H and O–H groups in total. The number of para-hydroxylation sites is 1. The van der Waals surface area contributed by atoms with Crippen LogP contribution in [0.4, 0.5) is 20.2 Å². The Morgan fingerprint density at radius 1 is 1.24 bits per heavy atom. The summed E-state index contributed by atoms with van der Waals surface area (Å²) in [4.78, 5) is 11.5. The second-order valence-electron chi connectivity index (χ2n) is 4.13. The molecule has 0 aromatic heterocycles. The van der Waals surface area contributed by atoms with Gasteiger partial charge in [-0.15, -0.1) is 11.8 Å². The summed E-state index contributed by atoms with van der Waals surface area (Å²) >= 11 is 6.65. The maximum absolute atomic E-state index is 13.6. The Bertz CT molecular complexity index is 659. The van der Waals surface area contributed by atoms with E-state index in [0.717, 1.165) is 23.9 Å². The highest BCUT2D eigenvalue weighted by Gasteiger charge is 2.13. The van der Waals surface area contributed by atoms with Gasteiger partial charge in [-0.25, -0.2) is 8.78 Å². The maximum atomic E-state index is 13.6. The van der Waals surface area contributed by atoms with Crippen molar-refractivity contribution in [3.8, 4) is 0 Å². The van der Waals surface area contributed by atoms with E-state index in [4.69, 9.17) is 17.3 Å². The van der Waals surface area contributed by atoms with E-state index in [1.165, 1.54) is 0 Å². The van der Waals surface area contributed by atoms with Crippen molar-refractivity contribution in [2.75, 3.05) is 16.8 Å². The quantitative estimate of drug-likeness (QED) is 0.660. The summed E-state index contributed by atoms with van der Waals surface area (Å²) in [6, 6.07) is 8.73. The molecule has 2 rings (SSSR count). The number of amides is 1. The molecule has 0 radical (unpaired) electrons. The van der Waals surface area contributed by atoms with Gasteiger partial charge in [-0.05, 0) is 24.3 Å². The Morgan fingerprint density at radius 3 is 2.48 bits per heavy atom. The van der Waals surface area contributed by atoms with E-state index >= 15 is 0 Å². The van der Waals surface area contributed by atoms with Crippen LogP contribution < -0.4 is 11.1 Å². The van der Waals surface area contributed by atoms with Crippen LogP contribution >= 0.6 is 23.4 Å². The predicted octanol–water partition coefficient (Wildman–Crippen LogP) is 3.93. The molecule has 2 aromatic carbocycles. The normalized spacial score (nSPS) is 10.4. The summed E-state index contributed by atoms with van der Waals surface area (Å²) in [5.41, 5.74) is 5.76. The molecule has 110 valence electrons. The van der Waals surface area contributed by atoms with E-state index in [-0.39, 0.29) is 16.3 Å². The highest BCUT2D eigenvalue weighted by atomic mass is 35.5. The number of nitrogens with two attached hydrogens (primary N) is 1. The average molecular weight is 329 g/mol. The molecule has 0 unspecified atom stereocenters. The molecule has 3 nitrogen and oxygen atoms in total. The van der Waals surface area contributed by atoms with Crippen LogP contribution in [-0.2, 0) is 4.79 Å². The van der Waals surface area contributed by atoms with Gasteiger partial charge in [0.2, 0.25) is 5.91 Å². The lowest BCUT2D eigenvalue weighted by Gasteiger charge is -2.08. The van der Waals surface area contributed by atoms with Crippen molar-refractivity contribution in [3.63, 3.8) is 0 Å². The van der Waals surface area contributed by atoms with Crippen molar-refractivity contribution >= 4 is 40.6 Å². The second kappa shape index (κ2) is 6.78. The topological polar surface area (TPSA) is 55.1 Å². The minimum atomic E-state index is -0.789. The van der Waals surface area contributed by atoms with Gasteiger partial charge in [-0.1, -0.05) is 23.7 Å². The summed E-state index contributed by atoms with van der Waals surface area (Å²) in [6.07, 6.45) is 0. The number of nitrogen functional groups attached to an aromatic ring is 1. The first-order valence-electron chi connectivity index (χ1n) is 5.89. The zero-order valence-electron chi connectivity index (χ0n) is 10.7. The number of thioether (sulfide) groups is 1. The number of carbonyl (C=O) groups excluding carboxylic acids is 1. The predicted molar refractivity (Wildman–Crippen MR) is 81.6 cm³/mol. The van der Waals surface area contributed by atoms with Crippen LogP contribution in [0, 0.1) is 11.6 Å². The van der Waals surface area contributed by atoms with Gasteiger partial charge in [0, 0.05) is 5.69 Å². The lowest BCUT2D eigenvalue weighted by atomic mass is 10.3. The van der Waals surface area contributed by atoms with Crippen LogP contribution in [-0.4, -0.2) is 11.7 Å². The van der Waals surface area contributed by atoms with Crippen molar-refractivity contribution in [3.05, 3.63) is 53.1 Å². The molecule has 0 aliphatic carbocycles. The van der Waals surface area contributed by atoms with Gasteiger partial charge in [0.25, 0.3) is 0 Å². The molecule has 7 heteroatoms. The minimum Gasteiger partial charge on any atom is -0.399 e. The molecule has 0 fully saturated rings. The first kappa shape index (κ1) is 15.6. The molecule has 21 heavy (non-hydrogen) atoms. The highest BCUT2D eigenvalue weighted by molar-refractivity contribution is 8.00. The van der Waals surface area contributed by atoms with E-state index in [2.05, 4.69) is 5.32 Å². The molecule has 0 aliphatic heterocycles. The maximum Gasteiger partial charge on any atom is 0.234 e. The van der Waals surface area contributed by atoms with Gasteiger partial charge in [0.1, 0.15) is 11.6 Å². The number of nitrogens with one attached hydrogen (secondary N) is 1. The van der Waals surface area contributed by atoms with Gasteiger partial charge >= 0.3 is 0 Å². The lowest BCUT2D eigenvalue weighted by Crippen LogP contribution is -2.14. The SMILES string of the molecule is Nc1cc(F)c(SCC(=O)Nc2ccccc2Cl)c(F)c1. The van der Waals surface area contributed by atoms with Gasteiger partial charge in [-0.3, -0.25) is 4.79 Å². The summed E-state index contributed by atoms with van der Waals surface area (Å²) in [5.74, 6) is -2.14. The van der Waals surface area contributed by atoms with Crippen molar-refractivity contribution in [1.82, 2.24) is 0 Å². The number of carbonyl (C=O) groups is 1. The van der Waals surface area contributed by atoms with Crippen LogP contribution in [0.2, 0.25) is 5.02 Å². The van der Waals surface area contributed by atoms with Gasteiger partial charge < -0.3 is 11.1 Å². The molecular formula is C14H11ClF2N2OS. The third kappa shape index (κ3) is 4.09. The van der Waals surface area contributed by atoms with Crippen LogP contribution in [0.25, 0.3) is 0 Å². The minimum absolute atomic E-state index is 0.00475. The molecule has 0 spiro atoms. The zero-order valence-corrected chi connectivity index (χ0v) is 12.3. The lowest BCUT2D eigenvalue weighted by molar-refractivity contribution is -0.113. The molecule has 0 aliphatic rings. The number of rotatable bonds is 4. The Hall–Kier alpha value is -1.79. The summed E-state index contributed by atoms with van der Waals surface area (Å²) in [5, 5.41) is 2.96. The number of halogens is 3. The average Bonchev–Trinajstić information content (AvgIpc) is 2.40. The third-order valence-corrected chi connectivity index (χ3v) is 3.93. The Kier molecular flexibility index (Phi) is 5.03. The molecule has 0 bridgehead atoms. The fourth-order valence-corrected chi connectivity index (χ4v) is 2.53. The summed E-state index contributed by atoms with van der Waals surface area (Å²) in [7, 11) is 0. The molecule has 2 aromatic rings. The summed E-state index contributed by atoms with van der Waals surface area (Å²) in [6.45, 7) is 0. The Balaban J connectivity index is 2.01. The van der Waals surface area contributed by atoms with Crippen molar-refractivity contribution < 1.29 is 13.6 Å². The number of benzene rings is 2. The van der Waals surface area contributed by atoms with E-state index < -0.39 is 17.5 Å². The van der Waals surface area contributed by atoms with Gasteiger partial charge in [0.05, 0.1) is 21.4 Å². The zero-order chi connectivity index (χ0) is 15.4. The standard InChI is InChI=1S/C14H11ClF2N2OS/c15-9-3-1-2-4-12(9)19-13(20)7-21-14-10(16)5-8(18)6-11(14)17/h1-6H,7,18H2,(H,19,20). The molecular weight excluding hydrogens is 318 g/mol. The molecule has 0 heterocycles. The second-order valence-corrected chi connectivity index (χ2v) is 5.52. The van der Waals surface area contributed by atoms with Gasteiger partial charge in [-0.2, -0.15) is 0 Å². The Labute approximate surface area is 129 Å². The van der Waals surface area contributed by atoms with Gasteiger partial charge in [0.15, 0.2) is 0 Å². The fraction of sp³-hybridized carbons (Fsp3) is 0.0714. The number of anilines is 2. The molecule has 0 saturated carbocycles. The van der Waals surface area contributed by atoms with Crippen LogP contribution in [0.3, 0.4) is 0 Å². The van der Waals surface area contributed by atoms with Crippen molar-refractivity contribution in [2.24, 2.45) is 0 Å². The van der Waals surface area contributed by atoms with E-state index in [0.29, 0.717) is 10.7 Å². The van der Waals surface area contributed by atoms with E-state index in [1.807, 2.05) is 0 Å². The molecule has 1 amide bonds. The Morgan fingerprint density at radius 2 is 1.86 bits per heavy atom. The van der Waals surface area contributed by atoms with Crippen molar-refractivity contribution in [1.29, 1.82) is 0 Å². The first-order chi connectivity index (χ1) is 9.97. The third-order valence-electron chi connectivity index (χ3n) is 2.52. The largest absolute Gasteiger partial charge is 0.399 e. The number of hydrogen-bond donors (Lipinski definition) is 2. The monoisotopic (exact) mass is 328 g/mol. The smallest absolute Gasteiger partial charge is 0.234 e. The molecule has 0 saturated heterocycles. The molecule has 0 atom stereocenters. The van der Waals surface area contributed by atoms with Crippen LogP contribution in [0.1, 0.15) is 0 Å². The van der Waals surface area contributed by atoms with Crippen LogP contribution in [0.5, 0.6) is 0 Å². The van der Waals surface area contributed by atoms with E-state index in [1.54, 1.807) is 24.3 Å². The van der Waals surface area contributed by atoms with Crippen LogP contribution in [0.15, 0.2) is 41.3 Å². The fourth-order valence-electron chi connectivity index (χ4n) is 1.60. The van der Waals surface area contributed by atoms with E-state index in [9.17, 15) is 13.6 Å².